The van der Waals surface area contributed by atoms with E-state index in [4.69, 9.17) is 11.6 Å². The van der Waals surface area contributed by atoms with Crippen molar-refractivity contribution >= 4 is 17.3 Å². The Bertz CT molecular complexity index is 546. The van der Waals surface area contributed by atoms with Crippen LogP contribution in [0.4, 0.5) is 10.1 Å². The molecule has 0 aliphatic rings. The molecule has 0 aliphatic carbocycles. The molecule has 0 amide bonds. The number of rotatable bonds is 3. The number of halogens is 2. The highest BCUT2D eigenvalue weighted by atomic mass is 35.5. The lowest BCUT2D eigenvalue weighted by Crippen LogP contribution is -2.00. The maximum Gasteiger partial charge on any atom is 0.141 e. The van der Waals surface area contributed by atoms with Gasteiger partial charge in [-0.05, 0) is 54.8 Å². The lowest BCUT2D eigenvalue weighted by atomic mass is 10.1. The van der Waals surface area contributed by atoms with Gasteiger partial charge in [-0.3, -0.25) is 0 Å². The van der Waals surface area contributed by atoms with E-state index in [0.29, 0.717) is 6.54 Å². The molecule has 1 nitrogen and oxygen atoms in total. The number of hydrogen-bond donors (Lipinski definition) is 1. The van der Waals surface area contributed by atoms with Crippen LogP contribution in [0.3, 0.4) is 0 Å². The maximum absolute atomic E-state index is 13.0. The van der Waals surface area contributed by atoms with Crippen LogP contribution in [0.25, 0.3) is 0 Å². The number of anilines is 1. The monoisotopic (exact) mass is 263 g/mol. The van der Waals surface area contributed by atoms with Crippen molar-refractivity contribution in [1.82, 2.24) is 0 Å². The molecule has 94 valence electrons. The third-order valence-corrected chi connectivity index (χ3v) is 2.99. The van der Waals surface area contributed by atoms with Crippen LogP contribution in [-0.4, -0.2) is 0 Å². The van der Waals surface area contributed by atoms with E-state index in [1.54, 1.807) is 12.1 Å². The SMILES string of the molecule is Cc1cc(C)cc(NCc2ccc(F)c(Cl)c2)c1. The molecule has 0 radical (unpaired) electrons. The molecule has 0 saturated heterocycles. The van der Waals surface area contributed by atoms with E-state index in [1.807, 2.05) is 0 Å². The first-order chi connectivity index (χ1) is 8.54. The number of nitrogens with one attached hydrogen (secondary N) is 1. The van der Waals surface area contributed by atoms with Crippen molar-refractivity contribution in [1.29, 1.82) is 0 Å². The first-order valence-corrected chi connectivity index (χ1v) is 6.18. The Labute approximate surface area is 112 Å². The predicted octanol–water partition coefficient (Wildman–Crippen LogP) is 4.71. The van der Waals surface area contributed by atoms with Crippen molar-refractivity contribution in [3.8, 4) is 0 Å². The molecule has 0 bridgehead atoms. The average Bonchev–Trinajstić information content (AvgIpc) is 2.29. The lowest BCUT2D eigenvalue weighted by molar-refractivity contribution is 0.627. The van der Waals surface area contributed by atoms with Gasteiger partial charge >= 0.3 is 0 Å². The fraction of sp³-hybridized carbons (Fsp3) is 0.200. The Hall–Kier alpha value is -1.54. The first-order valence-electron chi connectivity index (χ1n) is 5.81. The summed E-state index contributed by atoms with van der Waals surface area (Å²) in [5.74, 6) is -0.383. The zero-order valence-electron chi connectivity index (χ0n) is 10.4. The minimum absolute atomic E-state index is 0.162. The topological polar surface area (TPSA) is 12.0 Å². The maximum atomic E-state index is 13.0. The lowest BCUT2D eigenvalue weighted by Gasteiger charge is -2.09. The Morgan fingerprint density at radius 1 is 1.06 bits per heavy atom. The highest BCUT2D eigenvalue weighted by Gasteiger charge is 2.01. The van der Waals surface area contributed by atoms with E-state index in [2.05, 4.69) is 37.4 Å². The number of hydrogen-bond acceptors (Lipinski definition) is 1. The van der Waals surface area contributed by atoms with Gasteiger partial charge in [-0.25, -0.2) is 4.39 Å². The van der Waals surface area contributed by atoms with Crippen molar-refractivity contribution in [3.05, 3.63) is 63.9 Å². The summed E-state index contributed by atoms with van der Waals surface area (Å²) < 4.78 is 13.0. The molecule has 0 aliphatic heterocycles. The van der Waals surface area contributed by atoms with Crippen LogP contribution < -0.4 is 5.32 Å². The van der Waals surface area contributed by atoms with E-state index >= 15 is 0 Å². The second kappa shape index (κ2) is 5.40. The largest absolute Gasteiger partial charge is 0.381 e. The Morgan fingerprint density at radius 3 is 2.33 bits per heavy atom. The van der Waals surface area contributed by atoms with Gasteiger partial charge in [0.25, 0.3) is 0 Å². The normalized spacial score (nSPS) is 10.4. The van der Waals surface area contributed by atoms with Gasteiger partial charge in [-0.1, -0.05) is 23.7 Å². The molecule has 0 saturated carbocycles. The molecule has 2 aromatic rings. The summed E-state index contributed by atoms with van der Waals surface area (Å²) in [6.45, 7) is 4.75. The third kappa shape index (κ3) is 3.23. The molecule has 2 rings (SSSR count). The van der Waals surface area contributed by atoms with E-state index in [9.17, 15) is 4.39 Å². The summed E-state index contributed by atoms with van der Waals surface area (Å²) in [6, 6.07) is 11.1. The molecule has 0 aromatic heterocycles. The van der Waals surface area contributed by atoms with E-state index in [1.165, 1.54) is 17.2 Å². The minimum Gasteiger partial charge on any atom is -0.381 e. The molecular weight excluding hydrogens is 249 g/mol. The van der Waals surface area contributed by atoms with Gasteiger partial charge < -0.3 is 5.32 Å². The van der Waals surface area contributed by atoms with Crippen molar-refractivity contribution in [2.24, 2.45) is 0 Å². The predicted molar refractivity (Wildman–Crippen MR) is 74.7 cm³/mol. The summed E-state index contributed by atoms with van der Waals surface area (Å²) in [6.07, 6.45) is 0. The number of aryl methyl sites for hydroxylation is 2. The Kier molecular flexibility index (Phi) is 3.87. The van der Waals surface area contributed by atoms with Gasteiger partial charge in [0.15, 0.2) is 0 Å². The number of benzene rings is 2. The van der Waals surface area contributed by atoms with Crippen LogP contribution in [0.1, 0.15) is 16.7 Å². The first kappa shape index (κ1) is 12.9. The van der Waals surface area contributed by atoms with Gasteiger partial charge in [-0.2, -0.15) is 0 Å². The standard InChI is InChI=1S/C15H15ClFN/c1-10-5-11(2)7-13(6-10)18-9-12-3-4-15(17)14(16)8-12/h3-8,18H,9H2,1-2H3. The summed E-state index contributed by atoms with van der Waals surface area (Å²) in [5, 5.41) is 3.47. The Morgan fingerprint density at radius 2 is 1.72 bits per heavy atom. The zero-order chi connectivity index (χ0) is 13.1. The van der Waals surface area contributed by atoms with Crippen LogP contribution in [0.2, 0.25) is 5.02 Å². The fourth-order valence-electron chi connectivity index (χ4n) is 1.93. The molecule has 1 N–H and O–H groups in total. The van der Waals surface area contributed by atoms with Crippen molar-refractivity contribution in [2.45, 2.75) is 20.4 Å². The van der Waals surface area contributed by atoms with E-state index < -0.39 is 0 Å². The van der Waals surface area contributed by atoms with Gasteiger partial charge in [-0.15, -0.1) is 0 Å². The minimum atomic E-state index is -0.383. The molecule has 18 heavy (non-hydrogen) atoms. The van der Waals surface area contributed by atoms with Crippen LogP contribution >= 0.6 is 11.6 Å². The second-order valence-corrected chi connectivity index (χ2v) is 4.89. The quantitative estimate of drug-likeness (QED) is 0.846. The Balaban J connectivity index is 2.08. The van der Waals surface area contributed by atoms with Crippen LogP contribution in [-0.2, 0) is 6.54 Å². The highest BCUT2D eigenvalue weighted by Crippen LogP contribution is 2.18. The van der Waals surface area contributed by atoms with E-state index in [0.717, 1.165) is 11.3 Å². The molecule has 0 fully saturated rings. The van der Waals surface area contributed by atoms with Gasteiger partial charge in [0.1, 0.15) is 5.82 Å². The molecule has 0 atom stereocenters. The van der Waals surface area contributed by atoms with Crippen LogP contribution in [0.15, 0.2) is 36.4 Å². The molecular formula is C15H15ClFN. The summed E-state index contributed by atoms with van der Waals surface area (Å²) >= 11 is 5.74. The molecule has 3 heteroatoms. The summed E-state index contributed by atoms with van der Waals surface area (Å²) in [7, 11) is 0. The van der Waals surface area contributed by atoms with Crippen LogP contribution in [0, 0.1) is 19.7 Å². The highest BCUT2D eigenvalue weighted by molar-refractivity contribution is 6.30. The summed E-state index contributed by atoms with van der Waals surface area (Å²) in [4.78, 5) is 0. The van der Waals surface area contributed by atoms with Gasteiger partial charge in [0, 0.05) is 12.2 Å². The molecule has 0 heterocycles. The second-order valence-electron chi connectivity index (χ2n) is 4.48. The fourth-order valence-corrected chi connectivity index (χ4v) is 2.13. The summed E-state index contributed by atoms with van der Waals surface area (Å²) in [5.41, 5.74) is 4.46. The third-order valence-electron chi connectivity index (χ3n) is 2.70. The van der Waals surface area contributed by atoms with Gasteiger partial charge in [0.2, 0.25) is 0 Å². The van der Waals surface area contributed by atoms with Crippen molar-refractivity contribution < 1.29 is 4.39 Å². The zero-order valence-corrected chi connectivity index (χ0v) is 11.2. The van der Waals surface area contributed by atoms with Crippen molar-refractivity contribution in [2.75, 3.05) is 5.32 Å². The van der Waals surface area contributed by atoms with E-state index in [-0.39, 0.29) is 10.8 Å². The average molecular weight is 264 g/mol. The smallest absolute Gasteiger partial charge is 0.141 e. The molecule has 0 unspecified atom stereocenters. The molecule has 0 spiro atoms. The van der Waals surface area contributed by atoms with Crippen molar-refractivity contribution in [3.63, 3.8) is 0 Å². The van der Waals surface area contributed by atoms with Crippen LogP contribution in [0.5, 0.6) is 0 Å². The molecule has 2 aromatic carbocycles. The van der Waals surface area contributed by atoms with Gasteiger partial charge in [0.05, 0.1) is 5.02 Å².